The molecular formula is C22H17ClFN3O4. The summed E-state index contributed by atoms with van der Waals surface area (Å²) in [6.45, 7) is 1.69. The van der Waals surface area contributed by atoms with Crippen LogP contribution < -0.4 is 14.8 Å². The number of methoxy groups -OCH3 is 2. The predicted molar refractivity (Wildman–Crippen MR) is 114 cm³/mol. The lowest BCUT2D eigenvalue weighted by Crippen LogP contribution is -2.14. The van der Waals surface area contributed by atoms with E-state index in [1.54, 1.807) is 31.2 Å². The number of ether oxygens (including phenoxy) is 2. The van der Waals surface area contributed by atoms with Crippen molar-refractivity contribution >= 4 is 34.3 Å². The molecule has 31 heavy (non-hydrogen) atoms. The van der Waals surface area contributed by atoms with Gasteiger partial charge in [-0.3, -0.25) is 4.79 Å². The number of rotatable bonds is 5. The summed E-state index contributed by atoms with van der Waals surface area (Å²) in [7, 11) is 2.96. The van der Waals surface area contributed by atoms with Gasteiger partial charge in [0.05, 0.1) is 47.3 Å². The first-order valence-corrected chi connectivity index (χ1v) is 9.55. The molecule has 4 aromatic rings. The standard InChI is InChI=1S/C22H17ClFN3O4/c1-11-20-13(21(28)25-17-10-19(30-3)18(29-2)9-14(17)23)8-16(26-22(20)31-27-11)12-6-4-5-7-15(12)24/h4-10H,1-3H3,(H,25,28). The Morgan fingerprint density at radius 1 is 1.13 bits per heavy atom. The molecule has 0 aliphatic heterocycles. The third-order valence-electron chi connectivity index (χ3n) is 4.73. The van der Waals surface area contributed by atoms with E-state index in [4.69, 9.17) is 25.6 Å². The number of nitrogens with one attached hydrogen (secondary N) is 1. The van der Waals surface area contributed by atoms with Crippen molar-refractivity contribution in [2.75, 3.05) is 19.5 Å². The first-order chi connectivity index (χ1) is 14.9. The van der Waals surface area contributed by atoms with E-state index in [0.717, 1.165) is 0 Å². The average molecular weight is 442 g/mol. The van der Waals surface area contributed by atoms with Crippen LogP contribution in [0.3, 0.4) is 0 Å². The smallest absolute Gasteiger partial charge is 0.259 e. The number of aryl methyl sites for hydroxylation is 1. The van der Waals surface area contributed by atoms with Crippen molar-refractivity contribution in [2.45, 2.75) is 6.92 Å². The second-order valence-electron chi connectivity index (χ2n) is 6.62. The number of benzene rings is 2. The van der Waals surface area contributed by atoms with E-state index >= 15 is 0 Å². The topological polar surface area (TPSA) is 86.5 Å². The highest BCUT2D eigenvalue weighted by atomic mass is 35.5. The highest BCUT2D eigenvalue weighted by Gasteiger charge is 2.22. The second kappa shape index (κ2) is 8.23. The fourth-order valence-corrected chi connectivity index (χ4v) is 3.42. The van der Waals surface area contributed by atoms with Crippen LogP contribution in [-0.4, -0.2) is 30.3 Å². The van der Waals surface area contributed by atoms with Crippen LogP contribution in [0.1, 0.15) is 16.1 Å². The number of carbonyl (C=O) groups is 1. The summed E-state index contributed by atoms with van der Waals surface area (Å²) in [6.07, 6.45) is 0. The van der Waals surface area contributed by atoms with Gasteiger partial charge in [-0.05, 0) is 25.1 Å². The predicted octanol–water partition coefficient (Wildman–Crippen LogP) is 5.26. The van der Waals surface area contributed by atoms with Gasteiger partial charge in [0.1, 0.15) is 5.82 Å². The molecule has 0 atom stereocenters. The van der Waals surface area contributed by atoms with E-state index in [1.165, 1.54) is 32.4 Å². The number of hydrogen-bond donors (Lipinski definition) is 1. The monoisotopic (exact) mass is 441 g/mol. The van der Waals surface area contributed by atoms with Crippen LogP contribution in [0.4, 0.5) is 10.1 Å². The molecule has 2 aromatic carbocycles. The molecule has 9 heteroatoms. The molecule has 0 radical (unpaired) electrons. The van der Waals surface area contributed by atoms with Crippen molar-refractivity contribution in [3.8, 4) is 22.8 Å². The fraction of sp³-hybridized carbons (Fsp3) is 0.136. The zero-order chi connectivity index (χ0) is 22.1. The van der Waals surface area contributed by atoms with Gasteiger partial charge in [-0.2, -0.15) is 0 Å². The molecule has 0 saturated heterocycles. The van der Waals surface area contributed by atoms with Crippen LogP contribution in [0.2, 0.25) is 5.02 Å². The number of hydrogen-bond acceptors (Lipinski definition) is 6. The summed E-state index contributed by atoms with van der Waals surface area (Å²) >= 11 is 6.30. The van der Waals surface area contributed by atoms with E-state index in [1.807, 2.05) is 0 Å². The Morgan fingerprint density at radius 2 is 1.84 bits per heavy atom. The summed E-state index contributed by atoms with van der Waals surface area (Å²) in [6, 6.07) is 10.7. The van der Waals surface area contributed by atoms with Crippen molar-refractivity contribution in [3.05, 3.63) is 64.6 Å². The second-order valence-corrected chi connectivity index (χ2v) is 7.03. The summed E-state index contributed by atoms with van der Waals surface area (Å²) in [5.41, 5.74) is 1.61. The number of halogens is 2. The number of aromatic nitrogens is 2. The van der Waals surface area contributed by atoms with Crippen LogP contribution in [-0.2, 0) is 0 Å². The van der Waals surface area contributed by atoms with Gasteiger partial charge in [0.2, 0.25) is 0 Å². The van der Waals surface area contributed by atoms with Gasteiger partial charge in [0, 0.05) is 17.7 Å². The quantitative estimate of drug-likeness (QED) is 0.454. The van der Waals surface area contributed by atoms with Crippen LogP contribution in [0.25, 0.3) is 22.4 Å². The first kappa shape index (κ1) is 20.6. The van der Waals surface area contributed by atoms with E-state index in [2.05, 4.69) is 15.5 Å². The van der Waals surface area contributed by atoms with Gasteiger partial charge in [-0.25, -0.2) is 9.37 Å². The Bertz CT molecular complexity index is 1310. The van der Waals surface area contributed by atoms with Crippen LogP contribution in [0.5, 0.6) is 11.5 Å². The van der Waals surface area contributed by atoms with E-state index in [9.17, 15) is 9.18 Å². The van der Waals surface area contributed by atoms with Crippen molar-refractivity contribution in [3.63, 3.8) is 0 Å². The maximum absolute atomic E-state index is 14.3. The third-order valence-corrected chi connectivity index (χ3v) is 5.05. The third kappa shape index (κ3) is 3.77. The van der Waals surface area contributed by atoms with Crippen molar-refractivity contribution in [2.24, 2.45) is 0 Å². The van der Waals surface area contributed by atoms with Gasteiger partial charge in [-0.15, -0.1) is 0 Å². The van der Waals surface area contributed by atoms with Crippen molar-refractivity contribution in [1.82, 2.24) is 10.1 Å². The minimum Gasteiger partial charge on any atom is -0.493 e. The lowest BCUT2D eigenvalue weighted by molar-refractivity contribution is 0.102. The van der Waals surface area contributed by atoms with Gasteiger partial charge < -0.3 is 19.3 Å². The molecule has 1 amide bonds. The lowest BCUT2D eigenvalue weighted by atomic mass is 10.0. The number of nitrogens with zero attached hydrogens (tertiary/aromatic N) is 2. The Labute approximate surface area is 181 Å². The van der Waals surface area contributed by atoms with Crippen LogP contribution in [0.15, 0.2) is 47.0 Å². The summed E-state index contributed by atoms with van der Waals surface area (Å²) < 4.78 is 30.1. The summed E-state index contributed by atoms with van der Waals surface area (Å²) in [5, 5.41) is 7.34. The highest BCUT2D eigenvalue weighted by Crippen LogP contribution is 2.37. The molecule has 2 heterocycles. The van der Waals surface area contributed by atoms with E-state index < -0.39 is 11.7 Å². The number of amides is 1. The molecule has 1 N–H and O–H groups in total. The lowest BCUT2D eigenvalue weighted by Gasteiger charge is -2.13. The number of carbonyl (C=O) groups excluding carboxylic acids is 1. The average Bonchev–Trinajstić information content (AvgIpc) is 3.15. The SMILES string of the molecule is COc1cc(Cl)c(NC(=O)c2cc(-c3ccccc3F)nc3onc(C)c23)cc1OC. The maximum atomic E-state index is 14.3. The zero-order valence-electron chi connectivity index (χ0n) is 16.8. The molecule has 0 bridgehead atoms. The van der Waals surface area contributed by atoms with Gasteiger partial charge >= 0.3 is 0 Å². The van der Waals surface area contributed by atoms with Crippen molar-refractivity contribution < 1.29 is 23.2 Å². The van der Waals surface area contributed by atoms with E-state index in [-0.39, 0.29) is 27.6 Å². The number of fused-ring (bicyclic) bond motifs is 1. The molecule has 0 unspecified atom stereocenters. The fourth-order valence-electron chi connectivity index (χ4n) is 3.22. The zero-order valence-corrected chi connectivity index (χ0v) is 17.6. The highest BCUT2D eigenvalue weighted by molar-refractivity contribution is 6.34. The molecular weight excluding hydrogens is 425 g/mol. The Kier molecular flexibility index (Phi) is 5.48. The molecule has 0 fully saturated rings. The summed E-state index contributed by atoms with van der Waals surface area (Å²) in [4.78, 5) is 17.6. The number of anilines is 1. The Hall–Kier alpha value is -3.65. The molecule has 7 nitrogen and oxygen atoms in total. The van der Waals surface area contributed by atoms with Crippen LogP contribution in [0, 0.1) is 12.7 Å². The van der Waals surface area contributed by atoms with Crippen molar-refractivity contribution in [1.29, 1.82) is 0 Å². The molecule has 0 aliphatic rings. The molecule has 158 valence electrons. The van der Waals surface area contributed by atoms with E-state index in [0.29, 0.717) is 28.3 Å². The minimum absolute atomic E-state index is 0.127. The minimum atomic E-state index is -0.495. The molecule has 0 saturated carbocycles. The molecule has 0 spiro atoms. The number of pyridine rings is 1. The molecule has 0 aliphatic carbocycles. The summed E-state index contributed by atoms with van der Waals surface area (Å²) in [5.74, 6) is -0.144. The van der Waals surface area contributed by atoms with Gasteiger partial charge in [0.25, 0.3) is 11.6 Å². The van der Waals surface area contributed by atoms with Gasteiger partial charge in [-0.1, -0.05) is 28.9 Å². The van der Waals surface area contributed by atoms with Crippen LogP contribution >= 0.6 is 11.6 Å². The first-order valence-electron chi connectivity index (χ1n) is 9.17. The maximum Gasteiger partial charge on any atom is 0.259 e. The molecule has 2 aromatic heterocycles. The largest absolute Gasteiger partial charge is 0.493 e. The molecule has 4 rings (SSSR count). The Balaban J connectivity index is 1.81. The van der Waals surface area contributed by atoms with Gasteiger partial charge in [0.15, 0.2) is 11.5 Å². The normalized spacial score (nSPS) is 10.9. The Morgan fingerprint density at radius 3 is 2.55 bits per heavy atom.